The Labute approximate surface area is 155 Å². The van der Waals surface area contributed by atoms with Crippen molar-refractivity contribution in [2.45, 2.75) is 33.4 Å². The fourth-order valence-corrected chi connectivity index (χ4v) is 3.91. The number of carbonyl (C=O) groups excluding carboxylic acids is 1. The molecule has 25 heavy (non-hydrogen) atoms. The van der Waals surface area contributed by atoms with Crippen LogP contribution in [0, 0.1) is 0 Å². The van der Waals surface area contributed by atoms with Crippen LogP contribution in [-0.4, -0.2) is 16.6 Å². The van der Waals surface area contributed by atoms with Crippen LogP contribution >= 0.6 is 22.9 Å². The number of thiazole rings is 1. The van der Waals surface area contributed by atoms with E-state index in [0.29, 0.717) is 15.4 Å². The summed E-state index contributed by atoms with van der Waals surface area (Å²) in [5.41, 5.74) is 1.57. The highest BCUT2D eigenvalue weighted by Crippen LogP contribution is 2.22. The normalized spacial score (nSPS) is 12.1. The maximum Gasteiger partial charge on any atom is 0.279 e. The molecule has 3 rings (SSSR count). The van der Waals surface area contributed by atoms with E-state index in [4.69, 9.17) is 16.3 Å². The first-order valence-corrected chi connectivity index (χ1v) is 9.32. The van der Waals surface area contributed by atoms with E-state index in [9.17, 15) is 4.79 Å². The minimum atomic E-state index is -0.268. The third kappa shape index (κ3) is 3.94. The second kappa shape index (κ2) is 7.42. The molecule has 6 heteroatoms. The van der Waals surface area contributed by atoms with E-state index in [0.717, 1.165) is 22.5 Å². The molecule has 130 valence electrons. The number of fused-ring (bicyclic) bond motifs is 1. The van der Waals surface area contributed by atoms with Gasteiger partial charge in [0.2, 0.25) is 0 Å². The summed E-state index contributed by atoms with van der Waals surface area (Å²) < 4.78 is 8.63. The van der Waals surface area contributed by atoms with Crippen LogP contribution in [0.25, 0.3) is 10.2 Å². The lowest BCUT2D eigenvalue weighted by Crippen LogP contribution is -2.15. The predicted octanol–water partition coefficient (Wildman–Crippen LogP) is 4.90. The highest BCUT2D eigenvalue weighted by atomic mass is 35.5. The van der Waals surface area contributed by atoms with E-state index in [1.54, 1.807) is 24.3 Å². The number of amides is 1. The maximum absolute atomic E-state index is 12.5. The SMILES string of the molecule is CCn1c(=NC(=O)c2ccc(OC(C)C)cc2)sc2cc(Cl)ccc21. The summed E-state index contributed by atoms with van der Waals surface area (Å²) in [5, 5.41) is 0.677. The first-order valence-electron chi connectivity index (χ1n) is 8.12. The second-order valence-electron chi connectivity index (χ2n) is 5.85. The number of aryl methyl sites for hydroxylation is 1. The van der Waals surface area contributed by atoms with Gasteiger partial charge < -0.3 is 9.30 Å². The fourth-order valence-electron chi connectivity index (χ4n) is 2.54. The number of nitrogens with zero attached hydrogens (tertiary/aromatic N) is 2. The molecule has 0 saturated carbocycles. The molecule has 0 aliphatic heterocycles. The summed E-state index contributed by atoms with van der Waals surface area (Å²) in [5.74, 6) is 0.475. The predicted molar refractivity (Wildman–Crippen MR) is 103 cm³/mol. The van der Waals surface area contributed by atoms with Gasteiger partial charge in [0, 0.05) is 17.1 Å². The molecule has 1 amide bonds. The lowest BCUT2D eigenvalue weighted by atomic mass is 10.2. The van der Waals surface area contributed by atoms with Gasteiger partial charge >= 0.3 is 0 Å². The van der Waals surface area contributed by atoms with Crippen molar-refractivity contribution in [2.24, 2.45) is 4.99 Å². The van der Waals surface area contributed by atoms with Crippen LogP contribution in [0.5, 0.6) is 5.75 Å². The molecule has 0 N–H and O–H groups in total. The molecule has 1 aromatic heterocycles. The lowest BCUT2D eigenvalue weighted by Gasteiger charge is -2.09. The molecule has 0 aliphatic rings. The maximum atomic E-state index is 12.5. The Balaban J connectivity index is 1.97. The highest BCUT2D eigenvalue weighted by Gasteiger charge is 2.09. The Morgan fingerprint density at radius 1 is 1.24 bits per heavy atom. The van der Waals surface area contributed by atoms with Crippen molar-refractivity contribution >= 4 is 39.1 Å². The van der Waals surface area contributed by atoms with Gasteiger partial charge in [-0.2, -0.15) is 4.99 Å². The van der Waals surface area contributed by atoms with Crippen molar-refractivity contribution in [3.63, 3.8) is 0 Å². The van der Waals surface area contributed by atoms with Gasteiger partial charge in [0.1, 0.15) is 5.75 Å². The standard InChI is InChI=1S/C19H19ClN2O2S/c1-4-22-16-10-7-14(20)11-17(16)25-19(22)21-18(23)13-5-8-15(9-6-13)24-12(2)3/h5-12H,4H2,1-3H3. The van der Waals surface area contributed by atoms with Crippen LogP contribution in [0.2, 0.25) is 5.02 Å². The van der Waals surface area contributed by atoms with Gasteiger partial charge in [-0.1, -0.05) is 22.9 Å². The topological polar surface area (TPSA) is 43.6 Å². The minimum Gasteiger partial charge on any atom is -0.491 e. The van der Waals surface area contributed by atoms with Crippen LogP contribution in [0.1, 0.15) is 31.1 Å². The molecule has 3 aromatic rings. The third-order valence-electron chi connectivity index (χ3n) is 3.63. The molecule has 0 aliphatic carbocycles. The average molecular weight is 375 g/mol. The van der Waals surface area contributed by atoms with Crippen molar-refractivity contribution in [1.82, 2.24) is 4.57 Å². The van der Waals surface area contributed by atoms with Crippen LogP contribution in [-0.2, 0) is 6.54 Å². The Bertz CT molecular complexity index is 971. The van der Waals surface area contributed by atoms with Crippen LogP contribution in [0.3, 0.4) is 0 Å². The quantitative estimate of drug-likeness (QED) is 0.651. The zero-order chi connectivity index (χ0) is 18.0. The summed E-state index contributed by atoms with van der Waals surface area (Å²) in [6.45, 7) is 6.69. The molecule has 2 aromatic carbocycles. The van der Waals surface area contributed by atoms with E-state index < -0.39 is 0 Å². The lowest BCUT2D eigenvalue weighted by molar-refractivity contribution is 0.0998. The van der Waals surface area contributed by atoms with Gasteiger partial charge in [0.05, 0.1) is 16.3 Å². The van der Waals surface area contributed by atoms with Crippen molar-refractivity contribution < 1.29 is 9.53 Å². The van der Waals surface area contributed by atoms with Crippen LogP contribution in [0.15, 0.2) is 47.5 Å². The van der Waals surface area contributed by atoms with Gasteiger partial charge in [-0.05, 0) is 63.2 Å². The summed E-state index contributed by atoms with van der Waals surface area (Å²) >= 11 is 7.53. The Kier molecular flexibility index (Phi) is 5.25. The molecule has 4 nitrogen and oxygen atoms in total. The molecule has 1 heterocycles. The molecule has 0 spiro atoms. The number of hydrogen-bond donors (Lipinski definition) is 0. The fraction of sp³-hybridized carbons (Fsp3) is 0.263. The molecule has 0 atom stereocenters. The number of carbonyl (C=O) groups is 1. The molecule has 0 radical (unpaired) electrons. The summed E-state index contributed by atoms with van der Waals surface area (Å²) in [4.78, 5) is 17.5. The van der Waals surface area contributed by atoms with Gasteiger partial charge in [-0.3, -0.25) is 4.79 Å². The van der Waals surface area contributed by atoms with Crippen molar-refractivity contribution in [3.8, 4) is 5.75 Å². The minimum absolute atomic E-state index is 0.0973. The van der Waals surface area contributed by atoms with E-state index in [2.05, 4.69) is 4.99 Å². The molecular formula is C19H19ClN2O2S. The first kappa shape index (κ1) is 17.7. The molecule has 0 fully saturated rings. The van der Waals surface area contributed by atoms with Crippen molar-refractivity contribution in [2.75, 3.05) is 0 Å². The number of rotatable bonds is 4. The van der Waals surface area contributed by atoms with Gasteiger partial charge in [-0.15, -0.1) is 0 Å². The second-order valence-corrected chi connectivity index (χ2v) is 7.29. The molecule has 0 bridgehead atoms. The monoisotopic (exact) mass is 374 g/mol. The van der Waals surface area contributed by atoms with E-state index in [1.807, 2.05) is 43.5 Å². The molecule has 0 unspecified atom stereocenters. The zero-order valence-corrected chi connectivity index (χ0v) is 15.9. The van der Waals surface area contributed by atoms with E-state index in [-0.39, 0.29) is 12.0 Å². The summed E-state index contributed by atoms with van der Waals surface area (Å²) in [7, 11) is 0. The van der Waals surface area contributed by atoms with E-state index >= 15 is 0 Å². The number of halogens is 1. The first-order chi connectivity index (χ1) is 12.0. The van der Waals surface area contributed by atoms with Gasteiger partial charge in [0.15, 0.2) is 4.80 Å². The largest absolute Gasteiger partial charge is 0.491 e. The van der Waals surface area contributed by atoms with Crippen molar-refractivity contribution in [1.29, 1.82) is 0 Å². The summed E-state index contributed by atoms with van der Waals surface area (Å²) in [6.07, 6.45) is 0.0973. The van der Waals surface area contributed by atoms with Gasteiger partial charge in [-0.25, -0.2) is 0 Å². The number of ether oxygens (including phenoxy) is 1. The van der Waals surface area contributed by atoms with Crippen molar-refractivity contribution in [3.05, 3.63) is 57.9 Å². The average Bonchev–Trinajstić information content (AvgIpc) is 2.90. The Morgan fingerprint density at radius 3 is 2.60 bits per heavy atom. The number of hydrogen-bond acceptors (Lipinski definition) is 3. The molecular weight excluding hydrogens is 356 g/mol. The highest BCUT2D eigenvalue weighted by molar-refractivity contribution is 7.16. The summed E-state index contributed by atoms with van der Waals surface area (Å²) in [6, 6.07) is 12.8. The Hall–Kier alpha value is -2.11. The molecule has 0 saturated heterocycles. The van der Waals surface area contributed by atoms with Crippen LogP contribution < -0.4 is 9.54 Å². The zero-order valence-electron chi connectivity index (χ0n) is 14.3. The number of aromatic nitrogens is 1. The third-order valence-corrected chi connectivity index (χ3v) is 4.91. The van der Waals surface area contributed by atoms with E-state index in [1.165, 1.54) is 11.3 Å². The number of benzene rings is 2. The van der Waals surface area contributed by atoms with Crippen LogP contribution in [0.4, 0.5) is 0 Å². The smallest absolute Gasteiger partial charge is 0.279 e. The Morgan fingerprint density at radius 2 is 1.96 bits per heavy atom. The van der Waals surface area contributed by atoms with Gasteiger partial charge in [0.25, 0.3) is 5.91 Å².